The summed E-state index contributed by atoms with van der Waals surface area (Å²) in [6.45, 7) is 0. The molecule has 2 aromatic rings. The molecule has 2 aliphatic heterocycles. The van der Waals surface area contributed by atoms with Crippen molar-refractivity contribution < 1.29 is 4.79 Å². The number of piperidine rings is 1. The van der Waals surface area contributed by atoms with Crippen LogP contribution in [0.25, 0.3) is 0 Å². The smallest absolute Gasteiger partial charge is 0.273 e. The summed E-state index contributed by atoms with van der Waals surface area (Å²) >= 11 is 1.60. The molecule has 0 aliphatic carbocycles. The Bertz CT molecular complexity index is 718. The monoisotopic (exact) mass is 355 g/mol. The predicted molar refractivity (Wildman–Crippen MR) is 101 cm³/mol. The summed E-state index contributed by atoms with van der Waals surface area (Å²) in [5.74, 6) is 0.0773. The Hall–Kier alpha value is -1.72. The van der Waals surface area contributed by atoms with E-state index in [9.17, 15) is 4.79 Å². The van der Waals surface area contributed by atoms with Crippen molar-refractivity contribution in [1.29, 1.82) is 0 Å². The topological polar surface area (TPSA) is 45.2 Å². The van der Waals surface area contributed by atoms with E-state index in [-0.39, 0.29) is 5.91 Å². The summed E-state index contributed by atoms with van der Waals surface area (Å²) in [5, 5.41) is 6.61. The summed E-state index contributed by atoms with van der Waals surface area (Å²) in [7, 11) is 1.95. The highest BCUT2D eigenvalue weighted by molar-refractivity contribution is 7.09. The highest BCUT2D eigenvalue weighted by Crippen LogP contribution is 2.30. The molecule has 4 nitrogen and oxygen atoms in total. The molecule has 2 atom stereocenters. The Balaban J connectivity index is 1.36. The standard InChI is InChI=1S/C20H25N3OS/c1-23(17-11-15-8-9-16(12-17)21-15)20(24)18-13-25-19(22-18)10-7-14-5-3-2-4-6-14/h2-6,13,15-17,21H,7-12H2,1H3. The van der Waals surface area contributed by atoms with Crippen LogP contribution in [0.15, 0.2) is 35.7 Å². The predicted octanol–water partition coefficient (Wildman–Crippen LogP) is 3.28. The number of nitrogens with zero attached hydrogens (tertiary/aromatic N) is 2. The summed E-state index contributed by atoms with van der Waals surface area (Å²) in [5.41, 5.74) is 1.93. The third-order valence-corrected chi connectivity index (χ3v) is 6.47. The molecule has 0 radical (unpaired) electrons. The minimum absolute atomic E-state index is 0.0773. The first kappa shape index (κ1) is 16.7. The van der Waals surface area contributed by atoms with Crippen molar-refractivity contribution in [1.82, 2.24) is 15.2 Å². The van der Waals surface area contributed by atoms with Crippen molar-refractivity contribution in [2.24, 2.45) is 0 Å². The first-order valence-corrected chi connectivity index (χ1v) is 10.1. The number of nitrogens with one attached hydrogen (secondary N) is 1. The molecular formula is C20H25N3OS. The maximum Gasteiger partial charge on any atom is 0.273 e. The summed E-state index contributed by atoms with van der Waals surface area (Å²) in [4.78, 5) is 19.4. The van der Waals surface area contributed by atoms with Crippen molar-refractivity contribution in [3.8, 4) is 0 Å². The lowest BCUT2D eigenvalue weighted by Crippen LogP contribution is -2.48. The van der Waals surface area contributed by atoms with E-state index >= 15 is 0 Å². The summed E-state index contributed by atoms with van der Waals surface area (Å²) < 4.78 is 0. The first-order valence-electron chi connectivity index (χ1n) is 9.20. The van der Waals surface area contributed by atoms with Crippen molar-refractivity contribution in [2.45, 2.75) is 56.7 Å². The Morgan fingerprint density at radius 3 is 2.64 bits per heavy atom. The van der Waals surface area contributed by atoms with Crippen LogP contribution in [0.3, 0.4) is 0 Å². The van der Waals surface area contributed by atoms with Gasteiger partial charge in [0.1, 0.15) is 5.69 Å². The number of aromatic nitrogens is 1. The molecule has 2 bridgehead atoms. The molecule has 4 rings (SSSR count). The van der Waals surface area contributed by atoms with E-state index in [1.165, 1.54) is 18.4 Å². The fourth-order valence-electron chi connectivity index (χ4n) is 4.11. The van der Waals surface area contributed by atoms with Gasteiger partial charge in [-0.3, -0.25) is 4.79 Å². The second-order valence-corrected chi connectivity index (χ2v) is 8.23. The number of fused-ring (bicyclic) bond motifs is 2. The van der Waals surface area contributed by atoms with Crippen molar-refractivity contribution in [3.05, 3.63) is 52.0 Å². The van der Waals surface area contributed by atoms with Gasteiger partial charge >= 0.3 is 0 Å². The third-order valence-electron chi connectivity index (χ3n) is 5.56. The van der Waals surface area contributed by atoms with Gasteiger partial charge in [0, 0.05) is 37.0 Å². The zero-order valence-corrected chi connectivity index (χ0v) is 15.5. The Kier molecular flexibility index (Phi) is 4.86. The minimum atomic E-state index is 0.0773. The molecule has 0 spiro atoms. The fraction of sp³-hybridized carbons (Fsp3) is 0.500. The minimum Gasteiger partial charge on any atom is -0.337 e. The molecule has 2 unspecified atom stereocenters. The lowest BCUT2D eigenvalue weighted by atomic mass is 9.98. The molecule has 1 aromatic heterocycles. The molecule has 3 heterocycles. The third kappa shape index (κ3) is 3.77. The first-order chi connectivity index (χ1) is 12.2. The van der Waals surface area contributed by atoms with E-state index in [0.717, 1.165) is 30.7 Å². The van der Waals surface area contributed by atoms with Gasteiger partial charge in [0.25, 0.3) is 5.91 Å². The highest BCUT2D eigenvalue weighted by Gasteiger charge is 2.36. The van der Waals surface area contributed by atoms with Crippen molar-refractivity contribution in [3.63, 3.8) is 0 Å². The number of hydrogen-bond donors (Lipinski definition) is 1. The van der Waals surface area contributed by atoms with Gasteiger partial charge in [-0.2, -0.15) is 0 Å². The van der Waals surface area contributed by atoms with Gasteiger partial charge in [-0.05, 0) is 37.7 Å². The molecule has 1 amide bonds. The van der Waals surface area contributed by atoms with Gasteiger partial charge < -0.3 is 10.2 Å². The molecule has 132 valence electrons. The average Bonchev–Trinajstić information content (AvgIpc) is 3.26. The number of aryl methyl sites for hydroxylation is 2. The normalized spacial score (nSPS) is 25.1. The van der Waals surface area contributed by atoms with Crippen LogP contribution < -0.4 is 5.32 Å². The maximum absolute atomic E-state index is 12.8. The zero-order valence-electron chi connectivity index (χ0n) is 14.6. The van der Waals surface area contributed by atoms with Crippen molar-refractivity contribution >= 4 is 17.2 Å². The van der Waals surface area contributed by atoms with Crippen LogP contribution in [-0.2, 0) is 12.8 Å². The van der Waals surface area contributed by atoms with Crippen LogP contribution in [0.2, 0.25) is 0 Å². The number of thiazole rings is 1. The quantitative estimate of drug-likeness (QED) is 0.895. The summed E-state index contributed by atoms with van der Waals surface area (Å²) in [6.07, 6.45) is 6.51. The van der Waals surface area contributed by atoms with Gasteiger partial charge in [-0.1, -0.05) is 30.3 Å². The van der Waals surface area contributed by atoms with E-state index in [4.69, 9.17) is 0 Å². The van der Waals surface area contributed by atoms with Gasteiger partial charge in [-0.25, -0.2) is 4.98 Å². The van der Waals surface area contributed by atoms with E-state index in [0.29, 0.717) is 23.8 Å². The number of hydrogen-bond acceptors (Lipinski definition) is 4. The zero-order chi connectivity index (χ0) is 17.2. The SMILES string of the molecule is CN(C(=O)c1csc(CCc2ccccc2)n1)C1CC2CCC(C1)N2. The Labute approximate surface area is 153 Å². The number of carbonyl (C=O) groups is 1. The second-order valence-electron chi connectivity index (χ2n) is 7.29. The van der Waals surface area contributed by atoms with Gasteiger partial charge in [-0.15, -0.1) is 11.3 Å². The van der Waals surface area contributed by atoms with Crippen LogP contribution in [0.4, 0.5) is 0 Å². The summed E-state index contributed by atoms with van der Waals surface area (Å²) in [6, 6.07) is 12.0. The van der Waals surface area contributed by atoms with Gasteiger partial charge in [0.05, 0.1) is 5.01 Å². The molecule has 2 saturated heterocycles. The molecular weight excluding hydrogens is 330 g/mol. The molecule has 1 N–H and O–H groups in total. The van der Waals surface area contributed by atoms with Crippen LogP contribution >= 0.6 is 11.3 Å². The lowest BCUT2D eigenvalue weighted by molar-refractivity contribution is 0.0676. The molecule has 0 saturated carbocycles. The molecule has 1 aromatic carbocycles. The van der Waals surface area contributed by atoms with Crippen molar-refractivity contribution in [2.75, 3.05) is 7.05 Å². The fourth-order valence-corrected chi connectivity index (χ4v) is 4.88. The molecule has 2 aliphatic rings. The number of amides is 1. The molecule has 2 fully saturated rings. The van der Waals surface area contributed by atoms with Crippen LogP contribution in [0.5, 0.6) is 0 Å². The van der Waals surface area contributed by atoms with Gasteiger partial charge in [0.15, 0.2) is 0 Å². The van der Waals surface area contributed by atoms with E-state index in [1.54, 1.807) is 11.3 Å². The number of carbonyl (C=O) groups excluding carboxylic acids is 1. The molecule has 5 heteroatoms. The second kappa shape index (κ2) is 7.26. The van der Waals surface area contributed by atoms with E-state index in [2.05, 4.69) is 34.6 Å². The Morgan fingerprint density at radius 2 is 1.92 bits per heavy atom. The lowest BCUT2D eigenvalue weighted by Gasteiger charge is -2.35. The van der Waals surface area contributed by atoms with Crippen LogP contribution in [0, 0.1) is 0 Å². The van der Waals surface area contributed by atoms with E-state index in [1.807, 2.05) is 23.4 Å². The average molecular weight is 356 g/mol. The maximum atomic E-state index is 12.8. The van der Waals surface area contributed by atoms with E-state index < -0.39 is 0 Å². The molecule has 25 heavy (non-hydrogen) atoms. The van der Waals surface area contributed by atoms with Crippen LogP contribution in [0.1, 0.15) is 46.7 Å². The Morgan fingerprint density at radius 1 is 1.20 bits per heavy atom. The largest absolute Gasteiger partial charge is 0.337 e. The number of rotatable bonds is 5. The number of benzene rings is 1. The van der Waals surface area contributed by atoms with Crippen LogP contribution in [-0.4, -0.2) is 41.0 Å². The highest BCUT2D eigenvalue weighted by atomic mass is 32.1. The van der Waals surface area contributed by atoms with Gasteiger partial charge in [0.2, 0.25) is 0 Å².